The zero-order valence-corrected chi connectivity index (χ0v) is 11.3. The second-order valence-corrected chi connectivity index (χ2v) is 5.05. The number of carbonyl (C=O) groups is 3. The van der Waals surface area contributed by atoms with Crippen molar-refractivity contribution in [2.75, 3.05) is 13.2 Å². The molecule has 7 heteroatoms. The molecule has 1 saturated carbocycles. The van der Waals surface area contributed by atoms with Gasteiger partial charge in [-0.2, -0.15) is 0 Å². The van der Waals surface area contributed by atoms with Gasteiger partial charge in [0.25, 0.3) is 11.8 Å². The fraction of sp³-hybridized carbons (Fsp3) is 0.357. The van der Waals surface area contributed by atoms with Gasteiger partial charge in [0.2, 0.25) is 0 Å². The molecule has 0 aliphatic heterocycles. The average Bonchev–Trinajstić information content (AvgIpc) is 3.24. The highest BCUT2D eigenvalue weighted by Gasteiger charge is 2.50. The summed E-state index contributed by atoms with van der Waals surface area (Å²) in [4.78, 5) is 33.5. The third kappa shape index (κ3) is 3.71. The Morgan fingerprint density at radius 2 is 1.86 bits per heavy atom. The van der Waals surface area contributed by atoms with E-state index in [-0.39, 0.29) is 19.1 Å². The summed E-state index contributed by atoms with van der Waals surface area (Å²) in [7, 11) is 0. The highest BCUT2D eigenvalue weighted by Crippen LogP contribution is 2.45. The Labute approximate surface area is 121 Å². The van der Waals surface area contributed by atoms with Gasteiger partial charge < -0.3 is 20.9 Å². The van der Waals surface area contributed by atoms with Crippen LogP contribution in [-0.2, 0) is 9.59 Å². The van der Waals surface area contributed by atoms with Gasteiger partial charge >= 0.3 is 5.97 Å². The maximum absolute atomic E-state index is 11.9. The van der Waals surface area contributed by atoms with Crippen LogP contribution in [0.2, 0.25) is 0 Å². The maximum Gasteiger partial charge on any atom is 0.311 e. The molecule has 0 saturated heterocycles. The first-order valence-electron chi connectivity index (χ1n) is 6.46. The summed E-state index contributed by atoms with van der Waals surface area (Å²) in [6.07, 6.45) is 1.17. The summed E-state index contributed by atoms with van der Waals surface area (Å²) in [6, 6.07) is 6.15. The largest absolute Gasteiger partial charge is 0.484 e. The maximum atomic E-state index is 11.9. The molecule has 1 aliphatic rings. The van der Waals surface area contributed by atoms with Gasteiger partial charge in [-0.15, -0.1) is 0 Å². The summed E-state index contributed by atoms with van der Waals surface area (Å²) in [5, 5.41) is 11.6. The lowest BCUT2D eigenvalue weighted by Gasteiger charge is -2.11. The Hall–Kier alpha value is -2.57. The predicted molar refractivity (Wildman–Crippen MR) is 72.8 cm³/mol. The molecule has 0 atom stereocenters. The van der Waals surface area contributed by atoms with Crippen molar-refractivity contribution in [2.45, 2.75) is 12.8 Å². The molecule has 21 heavy (non-hydrogen) atoms. The molecule has 112 valence electrons. The van der Waals surface area contributed by atoms with Crippen LogP contribution in [0, 0.1) is 5.41 Å². The number of aliphatic carboxylic acids is 1. The molecular formula is C14H16N2O5. The fourth-order valence-corrected chi connectivity index (χ4v) is 1.83. The van der Waals surface area contributed by atoms with E-state index in [1.807, 2.05) is 0 Å². The van der Waals surface area contributed by atoms with Crippen LogP contribution in [0.3, 0.4) is 0 Å². The smallest absolute Gasteiger partial charge is 0.311 e. The molecule has 2 amide bonds. The van der Waals surface area contributed by atoms with E-state index in [4.69, 9.17) is 15.6 Å². The van der Waals surface area contributed by atoms with Crippen LogP contribution < -0.4 is 15.8 Å². The number of carboxylic acids is 1. The molecule has 0 unspecified atom stereocenters. The van der Waals surface area contributed by atoms with Crippen LogP contribution in [0.5, 0.6) is 5.75 Å². The van der Waals surface area contributed by atoms with E-state index in [0.717, 1.165) is 0 Å². The minimum absolute atomic E-state index is 0.126. The van der Waals surface area contributed by atoms with Crippen LogP contribution in [-0.4, -0.2) is 36.0 Å². The van der Waals surface area contributed by atoms with Gasteiger partial charge in [0.05, 0.1) is 5.41 Å². The van der Waals surface area contributed by atoms with E-state index in [2.05, 4.69) is 5.32 Å². The van der Waals surface area contributed by atoms with E-state index in [1.54, 1.807) is 12.1 Å². The first-order valence-corrected chi connectivity index (χ1v) is 6.46. The predicted octanol–water partition coefficient (Wildman–Crippen LogP) is 0.145. The number of hydrogen-bond donors (Lipinski definition) is 3. The Balaban J connectivity index is 1.88. The standard InChI is InChI=1S/C14H16N2O5/c15-11(17)7-21-10-3-1-9(2-4-10)12(18)16-8-14(5-6-14)13(19)20/h1-4H,5-8H2,(H2,15,17)(H,16,18)(H,19,20). The van der Waals surface area contributed by atoms with Crippen molar-refractivity contribution in [2.24, 2.45) is 11.1 Å². The number of benzene rings is 1. The number of amides is 2. The molecule has 2 rings (SSSR count). The van der Waals surface area contributed by atoms with E-state index in [1.165, 1.54) is 12.1 Å². The number of carbonyl (C=O) groups excluding carboxylic acids is 2. The average molecular weight is 292 g/mol. The molecule has 0 aromatic heterocycles. The zero-order valence-electron chi connectivity index (χ0n) is 11.3. The minimum Gasteiger partial charge on any atom is -0.484 e. The Morgan fingerprint density at radius 1 is 1.24 bits per heavy atom. The lowest BCUT2D eigenvalue weighted by Crippen LogP contribution is -2.34. The first kappa shape index (κ1) is 14.8. The third-order valence-electron chi connectivity index (χ3n) is 3.39. The molecular weight excluding hydrogens is 276 g/mol. The van der Waals surface area contributed by atoms with Crippen molar-refractivity contribution in [3.63, 3.8) is 0 Å². The summed E-state index contributed by atoms with van der Waals surface area (Å²) in [5.74, 6) is -1.38. The van der Waals surface area contributed by atoms with Crippen molar-refractivity contribution >= 4 is 17.8 Å². The topological polar surface area (TPSA) is 119 Å². The van der Waals surface area contributed by atoms with Crippen molar-refractivity contribution in [3.05, 3.63) is 29.8 Å². The second kappa shape index (κ2) is 5.82. The molecule has 7 nitrogen and oxygen atoms in total. The first-order chi connectivity index (χ1) is 9.93. The number of rotatable bonds is 7. The number of ether oxygens (including phenoxy) is 1. The minimum atomic E-state index is -0.877. The number of nitrogens with two attached hydrogens (primary N) is 1. The lowest BCUT2D eigenvalue weighted by molar-refractivity contribution is -0.143. The SMILES string of the molecule is NC(=O)COc1ccc(C(=O)NCC2(C(=O)O)CC2)cc1. The zero-order chi connectivity index (χ0) is 15.5. The molecule has 0 bridgehead atoms. The van der Waals surface area contributed by atoms with Gasteiger partial charge in [0.15, 0.2) is 6.61 Å². The van der Waals surface area contributed by atoms with Crippen LogP contribution in [0.4, 0.5) is 0 Å². The normalized spacial score (nSPS) is 15.0. The fourth-order valence-electron chi connectivity index (χ4n) is 1.83. The quantitative estimate of drug-likeness (QED) is 0.660. The number of hydrogen-bond acceptors (Lipinski definition) is 4. The molecule has 1 aromatic carbocycles. The molecule has 0 heterocycles. The van der Waals surface area contributed by atoms with Gasteiger partial charge in [-0.3, -0.25) is 14.4 Å². The van der Waals surface area contributed by atoms with Crippen LogP contribution >= 0.6 is 0 Å². The van der Waals surface area contributed by atoms with E-state index >= 15 is 0 Å². The van der Waals surface area contributed by atoms with E-state index in [0.29, 0.717) is 24.2 Å². The van der Waals surface area contributed by atoms with Gasteiger partial charge in [-0.25, -0.2) is 0 Å². The van der Waals surface area contributed by atoms with E-state index < -0.39 is 17.3 Å². The number of primary amides is 1. The highest BCUT2D eigenvalue weighted by atomic mass is 16.5. The van der Waals surface area contributed by atoms with Gasteiger partial charge in [-0.1, -0.05) is 0 Å². The lowest BCUT2D eigenvalue weighted by atomic mass is 10.1. The van der Waals surface area contributed by atoms with Crippen molar-refractivity contribution < 1.29 is 24.2 Å². The van der Waals surface area contributed by atoms with Gasteiger partial charge in [0.1, 0.15) is 5.75 Å². The highest BCUT2D eigenvalue weighted by molar-refractivity contribution is 5.94. The number of nitrogens with one attached hydrogen (secondary N) is 1. The van der Waals surface area contributed by atoms with Crippen molar-refractivity contribution in [1.29, 1.82) is 0 Å². The Kier molecular flexibility index (Phi) is 4.11. The number of carboxylic acid groups (broad SMARTS) is 1. The molecule has 0 spiro atoms. The van der Waals surface area contributed by atoms with Gasteiger partial charge in [0, 0.05) is 12.1 Å². The molecule has 4 N–H and O–H groups in total. The Morgan fingerprint density at radius 3 is 2.33 bits per heavy atom. The second-order valence-electron chi connectivity index (χ2n) is 5.05. The van der Waals surface area contributed by atoms with E-state index in [9.17, 15) is 14.4 Å². The van der Waals surface area contributed by atoms with Crippen LogP contribution in [0.15, 0.2) is 24.3 Å². The third-order valence-corrected chi connectivity index (χ3v) is 3.39. The molecule has 1 aliphatic carbocycles. The van der Waals surface area contributed by atoms with Crippen molar-refractivity contribution in [1.82, 2.24) is 5.32 Å². The summed E-state index contributed by atoms with van der Waals surface area (Å²) >= 11 is 0. The molecule has 1 fully saturated rings. The summed E-state index contributed by atoms with van der Waals surface area (Å²) < 4.78 is 5.07. The molecule has 1 aromatic rings. The monoisotopic (exact) mass is 292 g/mol. The summed E-state index contributed by atoms with van der Waals surface area (Å²) in [5.41, 5.74) is 4.55. The van der Waals surface area contributed by atoms with Crippen LogP contribution in [0.25, 0.3) is 0 Å². The van der Waals surface area contributed by atoms with Crippen LogP contribution in [0.1, 0.15) is 23.2 Å². The molecule has 0 radical (unpaired) electrons. The van der Waals surface area contributed by atoms with Gasteiger partial charge in [-0.05, 0) is 37.1 Å². The summed E-state index contributed by atoms with van der Waals surface area (Å²) in [6.45, 7) is -0.103. The van der Waals surface area contributed by atoms with Crippen molar-refractivity contribution in [3.8, 4) is 5.75 Å². The Bertz CT molecular complexity index is 563.